The third kappa shape index (κ3) is 3.51. The van der Waals surface area contributed by atoms with Crippen molar-refractivity contribution in [3.8, 4) is 0 Å². The fourth-order valence-corrected chi connectivity index (χ4v) is 1.92. The van der Waals surface area contributed by atoms with Crippen LogP contribution in [0.25, 0.3) is 0 Å². The first-order valence-electron chi connectivity index (χ1n) is 5.99. The molecular weight excluding hydrogens is 322 g/mol. The third-order valence-electron chi connectivity index (χ3n) is 2.67. The first kappa shape index (κ1) is 14.4. The predicted octanol–water partition coefficient (Wildman–Crippen LogP) is 1.81. The Morgan fingerprint density at radius 1 is 1.55 bits per heavy atom. The molecule has 0 spiro atoms. The highest BCUT2D eigenvalue weighted by Gasteiger charge is 2.11. The van der Waals surface area contributed by atoms with E-state index in [0.29, 0.717) is 0 Å². The van der Waals surface area contributed by atoms with Crippen LogP contribution in [0.2, 0.25) is 0 Å². The zero-order chi connectivity index (χ0) is 14.5. The molecule has 0 saturated heterocycles. The second kappa shape index (κ2) is 6.42. The van der Waals surface area contributed by atoms with Crippen LogP contribution in [0.15, 0.2) is 34.1 Å². The molecule has 1 amide bonds. The maximum absolute atomic E-state index is 11.8. The minimum Gasteiger partial charge on any atom is -0.271 e. The maximum Gasteiger partial charge on any atom is 0.261 e. The van der Waals surface area contributed by atoms with E-state index in [2.05, 4.69) is 36.5 Å². The summed E-state index contributed by atoms with van der Waals surface area (Å²) in [6, 6.07) is 3.65. The Balaban J connectivity index is 1.93. The first-order valence-corrected chi connectivity index (χ1v) is 6.78. The number of carbonyl (C=O) groups is 1. The second-order valence-corrected chi connectivity index (χ2v) is 5.01. The lowest BCUT2D eigenvalue weighted by atomic mass is 10.3. The number of aryl methyl sites for hydroxylation is 1. The van der Waals surface area contributed by atoms with Gasteiger partial charge in [0, 0.05) is 18.0 Å². The van der Waals surface area contributed by atoms with Gasteiger partial charge in [-0.05, 0) is 35.8 Å². The molecule has 20 heavy (non-hydrogen) atoms. The van der Waals surface area contributed by atoms with Crippen molar-refractivity contribution < 1.29 is 4.79 Å². The zero-order valence-corrected chi connectivity index (χ0v) is 12.8. The van der Waals surface area contributed by atoms with E-state index in [0.717, 1.165) is 21.4 Å². The van der Waals surface area contributed by atoms with Crippen LogP contribution >= 0.6 is 15.9 Å². The molecular formula is C13H14BrN5O. The Bertz CT molecular complexity index is 636. The summed E-state index contributed by atoms with van der Waals surface area (Å²) in [5, 5.41) is 8.14. The molecule has 0 atom stereocenters. The molecule has 0 radical (unpaired) electrons. The summed E-state index contributed by atoms with van der Waals surface area (Å²) in [5.74, 6) is -0.233. The molecule has 6 nitrogen and oxygen atoms in total. The summed E-state index contributed by atoms with van der Waals surface area (Å²) < 4.78 is 2.55. The van der Waals surface area contributed by atoms with Gasteiger partial charge in [0.05, 0.1) is 22.1 Å². The quantitative estimate of drug-likeness (QED) is 0.684. The third-order valence-corrected chi connectivity index (χ3v) is 3.82. The van der Waals surface area contributed by atoms with E-state index < -0.39 is 0 Å². The molecule has 0 fully saturated rings. The Kier molecular flexibility index (Phi) is 4.62. The van der Waals surface area contributed by atoms with E-state index in [1.54, 1.807) is 29.4 Å². The summed E-state index contributed by atoms with van der Waals surface area (Å²) >= 11 is 3.42. The Morgan fingerprint density at radius 2 is 2.35 bits per heavy atom. The molecule has 0 aliphatic rings. The van der Waals surface area contributed by atoms with Crippen molar-refractivity contribution in [3.63, 3.8) is 0 Å². The number of nitrogens with one attached hydrogen (secondary N) is 1. The van der Waals surface area contributed by atoms with Gasteiger partial charge < -0.3 is 0 Å². The molecule has 7 heteroatoms. The number of hydrogen-bond acceptors (Lipinski definition) is 4. The Morgan fingerprint density at radius 3 is 2.95 bits per heavy atom. The van der Waals surface area contributed by atoms with Gasteiger partial charge in [-0.1, -0.05) is 6.07 Å². The average Bonchev–Trinajstić information content (AvgIpc) is 2.67. The second-order valence-electron chi connectivity index (χ2n) is 4.22. The number of aromatic nitrogens is 3. The molecule has 2 aromatic heterocycles. The normalized spacial score (nSPS) is 10.9. The fourth-order valence-electron chi connectivity index (χ4n) is 1.63. The van der Waals surface area contributed by atoms with E-state index in [-0.39, 0.29) is 12.5 Å². The molecule has 0 saturated carbocycles. The summed E-state index contributed by atoms with van der Waals surface area (Å²) in [6.45, 7) is 3.91. The highest BCUT2D eigenvalue weighted by Crippen LogP contribution is 2.19. The van der Waals surface area contributed by atoms with Crippen molar-refractivity contribution in [2.45, 2.75) is 20.4 Å². The van der Waals surface area contributed by atoms with E-state index in [4.69, 9.17) is 0 Å². The molecule has 0 aliphatic heterocycles. The number of amides is 1. The van der Waals surface area contributed by atoms with Crippen LogP contribution in [-0.4, -0.2) is 26.9 Å². The predicted molar refractivity (Wildman–Crippen MR) is 79.4 cm³/mol. The van der Waals surface area contributed by atoms with Crippen LogP contribution in [0.5, 0.6) is 0 Å². The highest BCUT2D eigenvalue weighted by atomic mass is 79.9. The van der Waals surface area contributed by atoms with Crippen molar-refractivity contribution in [2.75, 3.05) is 0 Å². The van der Waals surface area contributed by atoms with Crippen LogP contribution in [0, 0.1) is 13.8 Å². The van der Waals surface area contributed by atoms with Crippen molar-refractivity contribution >= 4 is 28.1 Å². The van der Waals surface area contributed by atoms with Crippen LogP contribution in [0.4, 0.5) is 0 Å². The van der Waals surface area contributed by atoms with Crippen LogP contribution in [0.3, 0.4) is 0 Å². The topological polar surface area (TPSA) is 72.2 Å². The maximum atomic E-state index is 11.8. The smallest absolute Gasteiger partial charge is 0.261 e. The first-order chi connectivity index (χ1) is 9.58. The standard InChI is InChI=1S/C13H14BrN5O/c1-9-13(14)10(2)19(18-9)8-12(20)17-16-7-11-4-3-5-15-6-11/h3-7H,8H2,1-2H3,(H,17,20)/b16-7+. The molecule has 0 bridgehead atoms. The molecule has 0 aromatic carbocycles. The minimum atomic E-state index is -0.233. The lowest BCUT2D eigenvalue weighted by Crippen LogP contribution is -2.24. The van der Waals surface area contributed by atoms with Crippen molar-refractivity contribution in [2.24, 2.45) is 5.10 Å². The number of hydrogen-bond donors (Lipinski definition) is 1. The van der Waals surface area contributed by atoms with Crippen LogP contribution in [-0.2, 0) is 11.3 Å². The van der Waals surface area contributed by atoms with Crippen LogP contribution < -0.4 is 5.43 Å². The van der Waals surface area contributed by atoms with Crippen molar-refractivity contribution in [3.05, 3.63) is 46.0 Å². The highest BCUT2D eigenvalue weighted by molar-refractivity contribution is 9.10. The number of rotatable bonds is 4. The summed E-state index contributed by atoms with van der Waals surface area (Å²) in [5.41, 5.74) is 5.05. The van der Waals surface area contributed by atoms with E-state index in [1.165, 1.54) is 0 Å². The van der Waals surface area contributed by atoms with Gasteiger partial charge in [-0.2, -0.15) is 10.2 Å². The largest absolute Gasteiger partial charge is 0.271 e. The molecule has 0 aliphatic carbocycles. The minimum absolute atomic E-state index is 0.128. The molecule has 1 N–H and O–H groups in total. The summed E-state index contributed by atoms with van der Waals surface area (Å²) in [4.78, 5) is 15.7. The fraction of sp³-hybridized carbons (Fsp3) is 0.231. The van der Waals surface area contributed by atoms with Gasteiger partial charge in [0.25, 0.3) is 5.91 Å². The van der Waals surface area contributed by atoms with Gasteiger partial charge in [-0.3, -0.25) is 14.5 Å². The Labute approximate surface area is 125 Å². The molecule has 0 unspecified atom stereocenters. The van der Waals surface area contributed by atoms with Gasteiger partial charge in [-0.25, -0.2) is 5.43 Å². The zero-order valence-electron chi connectivity index (χ0n) is 11.2. The Hall–Kier alpha value is -2.02. The lowest BCUT2D eigenvalue weighted by molar-refractivity contribution is -0.121. The summed E-state index contributed by atoms with van der Waals surface area (Å²) in [7, 11) is 0. The number of nitrogens with zero attached hydrogens (tertiary/aromatic N) is 4. The average molecular weight is 336 g/mol. The van der Waals surface area contributed by atoms with Gasteiger partial charge in [-0.15, -0.1) is 0 Å². The molecule has 2 heterocycles. The van der Waals surface area contributed by atoms with Crippen LogP contribution in [0.1, 0.15) is 17.0 Å². The van der Waals surface area contributed by atoms with Gasteiger partial charge in [0.2, 0.25) is 0 Å². The number of carbonyl (C=O) groups excluding carboxylic acids is 1. The SMILES string of the molecule is Cc1nn(CC(=O)N/N=C/c2cccnc2)c(C)c1Br. The molecule has 2 aromatic rings. The lowest BCUT2D eigenvalue weighted by Gasteiger charge is -2.02. The van der Waals surface area contributed by atoms with Gasteiger partial charge in [0.15, 0.2) is 0 Å². The van der Waals surface area contributed by atoms with Crippen molar-refractivity contribution in [1.29, 1.82) is 0 Å². The van der Waals surface area contributed by atoms with E-state index >= 15 is 0 Å². The van der Waals surface area contributed by atoms with Gasteiger partial charge in [0.1, 0.15) is 6.54 Å². The molecule has 2 rings (SSSR count). The molecule has 104 valence electrons. The summed E-state index contributed by atoms with van der Waals surface area (Å²) in [6.07, 6.45) is 4.88. The monoisotopic (exact) mass is 335 g/mol. The van der Waals surface area contributed by atoms with Gasteiger partial charge >= 0.3 is 0 Å². The number of hydrazone groups is 1. The number of halogens is 1. The van der Waals surface area contributed by atoms with Crippen molar-refractivity contribution in [1.82, 2.24) is 20.2 Å². The number of pyridine rings is 1. The van der Waals surface area contributed by atoms with E-state index in [9.17, 15) is 4.79 Å². The van der Waals surface area contributed by atoms with E-state index in [1.807, 2.05) is 19.9 Å².